The molecule has 0 fully saturated rings. The van der Waals surface area contributed by atoms with Gasteiger partial charge in [-0.15, -0.1) is 0 Å². The summed E-state index contributed by atoms with van der Waals surface area (Å²) >= 11 is 0. The minimum Gasteiger partial charge on any atom is -0.381 e. The highest BCUT2D eigenvalue weighted by Crippen LogP contribution is 2.12. The molecule has 1 nitrogen and oxygen atoms in total. The molecule has 0 aromatic heterocycles. The Labute approximate surface area is 96.6 Å². The van der Waals surface area contributed by atoms with Crippen LogP contribution in [0.1, 0.15) is 72.1 Å². The predicted octanol–water partition coefficient (Wildman–Crippen LogP) is 4.80. The van der Waals surface area contributed by atoms with Gasteiger partial charge in [0.15, 0.2) is 0 Å². The zero-order chi connectivity index (χ0) is 11.4. The summed E-state index contributed by atoms with van der Waals surface area (Å²) in [6.07, 6.45) is 10.5. The van der Waals surface area contributed by atoms with Crippen LogP contribution in [0.25, 0.3) is 0 Å². The largest absolute Gasteiger partial charge is 0.381 e. The average molecular weight is 214 g/mol. The van der Waals surface area contributed by atoms with Crippen LogP contribution in [-0.4, -0.2) is 13.2 Å². The van der Waals surface area contributed by atoms with E-state index in [1.807, 2.05) is 0 Å². The fourth-order valence-electron chi connectivity index (χ4n) is 1.86. The van der Waals surface area contributed by atoms with Crippen molar-refractivity contribution in [3.63, 3.8) is 0 Å². The van der Waals surface area contributed by atoms with Crippen molar-refractivity contribution in [2.75, 3.05) is 13.2 Å². The Morgan fingerprint density at radius 2 is 1.47 bits per heavy atom. The van der Waals surface area contributed by atoms with Gasteiger partial charge in [0.05, 0.1) is 0 Å². The second kappa shape index (κ2) is 12.0. The zero-order valence-corrected chi connectivity index (χ0v) is 11.1. The van der Waals surface area contributed by atoms with E-state index in [9.17, 15) is 0 Å². The van der Waals surface area contributed by atoms with Crippen molar-refractivity contribution in [1.29, 1.82) is 0 Å². The summed E-state index contributed by atoms with van der Waals surface area (Å²) in [6.45, 7) is 8.76. The lowest BCUT2D eigenvalue weighted by Crippen LogP contribution is -2.04. The molecule has 0 radical (unpaired) electrons. The van der Waals surface area contributed by atoms with E-state index in [4.69, 9.17) is 4.74 Å². The second-order valence-corrected chi connectivity index (χ2v) is 4.50. The molecule has 0 spiro atoms. The molecule has 0 atom stereocenters. The molecule has 0 saturated heterocycles. The van der Waals surface area contributed by atoms with Crippen LogP contribution in [0.15, 0.2) is 0 Å². The summed E-state index contributed by atoms with van der Waals surface area (Å²) in [5, 5.41) is 0. The van der Waals surface area contributed by atoms with E-state index < -0.39 is 0 Å². The first kappa shape index (κ1) is 15.0. The van der Waals surface area contributed by atoms with Gasteiger partial charge >= 0.3 is 0 Å². The third-order valence-corrected chi connectivity index (χ3v) is 3.22. The van der Waals surface area contributed by atoms with Crippen LogP contribution in [0.3, 0.4) is 0 Å². The zero-order valence-electron chi connectivity index (χ0n) is 11.1. The first-order valence-electron chi connectivity index (χ1n) is 6.92. The van der Waals surface area contributed by atoms with Gasteiger partial charge < -0.3 is 4.74 Å². The highest BCUT2D eigenvalue weighted by molar-refractivity contribution is 4.53. The number of unbranched alkanes of at least 4 members (excludes halogenated alkanes) is 4. The molecule has 0 saturated carbocycles. The van der Waals surface area contributed by atoms with Gasteiger partial charge in [0, 0.05) is 13.2 Å². The van der Waals surface area contributed by atoms with Crippen molar-refractivity contribution in [1.82, 2.24) is 0 Å². The maximum atomic E-state index is 5.65. The monoisotopic (exact) mass is 214 g/mol. The first-order valence-corrected chi connectivity index (χ1v) is 6.92. The number of hydrogen-bond donors (Lipinski definition) is 0. The van der Waals surface area contributed by atoms with E-state index in [1.165, 1.54) is 51.4 Å². The summed E-state index contributed by atoms with van der Waals surface area (Å²) in [4.78, 5) is 0. The molecule has 0 aliphatic carbocycles. The van der Waals surface area contributed by atoms with Gasteiger partial charge in [-0.2, -0.15) is 0 Å². The van der Waals surface area contributed by atoms with Gasteiger partial charge in [-0.1, -0.05) is 59.3 Å². The Morgan fingerprint density at radius 1 is 0.800 bits per heavy atom. The molecule has 1 heteroatoms. The number of rotatable bonds is 11. The summed E-state index contributed by atoms with van der Waals surface area (Å²) in [7, 11) is 0. The highest BCUT2D eigenvalue weighted by atomic mass is 16.5. The smallest absolute Gasteiger partial charge is 0.0468 e. The molecule has 0 aromatic rings. The Kier molecular flexibility index (Phi) is 12.0. The predicted molar refractivity (Wildman–Crippen MR) is 68.3 cm³/mol. The van der Waals surface area contributed by atoms with E-state index in [1.54, 1.807) is 0 Å². The van der Waals surface area contributed by atoms with E-state index in [-0.39, 0.29) is 0 Å². The molecule has 0 heterocycles. The van der Waals surface area contributed by atoms with Crippen molar-refractivity contribution < 1.29 is 4.74 Å². The molecule has 0 aliphatic heterocycles. The summed E-state index contributed by atoms with van der Waals surface area (Å²) in [5.74, 6) is 0.880. The lowest BCUT2D eigenvalue weighted by molar-refractivity contribution is 0.115. The summed E-state index contributed by atoms with van der Waals surface area (Å²) < 4.78 is 5.65. The van der Waals surface area contributed by atoms with Crippen LogP contribution in [0, 0.1) is 5.92 Å². The standard InChI is InChI=1S/C14H30O/c1-4-7-8-9-10-12-15-13-11-14(5-2)6-3/h14H,4-13H2,1-3H3. The third-order valence-electron chi connectivity index (χ3n) is 3.22. The normalized spacial score (nSPS) is 11.2. The van der Waals surface area contributed by atoms with E-state index in [2.05, 4.69) is 20.8 Å². The van der Waals surface area contributed by atoms with Gasteiger partial charge in [0.2, 0.25) is 0 Å². The Morgan fingerprint density at radius 3 is 2.07 bits per heavy atom. The van der Waals surface area contributed by atoms with Gasteiger partial charge in [0.1, 0.15) is 0 Å². The molecule has 0 N–H and O–H groups in total. The molecular formula is C14H30O. The third kappa shape index (κ3) is 10.2. The second-order valence-electron chi connectivity index (χ2n) is 4.50. The van der Waals surface area contributed by atoms with Crippen LogP contribution >= 0.6 is 0 Å². The van der Waals surface area contributed by atoms with Crippen LogP contribution in [0.4, 0.5) is 0 Å². The number of ether oxygens (including phenoxy) is 1. The maximum Gasteiger partial charge on any atom is 0.0468 e. The van der Waals surface area contributed by atoms with Crippen LogP contribution in [0.2, 0.25) is 0 Å². The fourth-order valence-corrected chi connectivity index (χ4v) is 1.86. The minimum absolute atomic E-state index is 0.880. The van der Waals surface area contributed by atoms with Crippen molar-refractivity contribution in [3.8, 4) is 0 Å². The molecule has 92 valence electrons. The minimum atomic E-state index is 0.880. The molecule has 15 heavy (non-hydrogen) atoms. The SMILES string of the molecule is CCCCCCCOCCC(CC)CC. The average Bonchev–Trinajstić information content (AvgIpc) is 2.27. The molecular weight excluding hydrogens is 184 g/mol. The lowest BCUT2D eigenvalue weighted by Gasteiger charge is -2.11. The summed E-state index contributed by atoms with van der Waals surface area (Å²) in [5.41, 5.74) is 0. The highest BCUT2D eigenvalue weighted by Gasteiger charge is 2.02. The number of hydrogen-bond acceptors (Lipinski definition) is 1. The molecule has 0 amide bonds. The molecule has 0 aliphatic rings. The van der Waals surface area contributed by atoms with Crippen molar-refractivity contribution in [2.45, 2.75) is 72.1 Å². The quantitative estimate of drug-likeness (QED) is 0.449. The Bertz CT molecular complexity index is 108. The molecule has 0 unspecified atom stereocenters. The Hall–Kier alpha value is -0.0400. The van der Waals surface area contributed by atoms with Crippen LogP contribution in [0.5, 0.6) is 0 Å². The van der Waals surface area contributed by atoms with Crippen LogP contribution in [-0.2, 0) is 4.74 Å². The first-order chi connectivity index (χ1) is 7.35. The van der Waals surface area contributed by atoms with E-state index in [0.717, 1.165) is 19.1 Å². The van der Waals surface area contributed by atoms with E-state index in [0.29, 0.717) is 0 Å². The Balaban J connectivity index is 3.04. The topological polar surface area (TPSA) is 9.23 Å². The van der Waals surface area contributed by atoms with Gasteiger partial charge in [-0.05, 0) is 18.8 Å². The maximum absolute atomic E-state index is 5.65. The van der Waals surface area contributed by atoms with Crippen molar-refractivity contribution in [2.24, 2.45) is 5.92 Å². The van der Waals surface area contributed by atoms with Crippen molar-refractivity contribution >= 4 is 0 Å². The molecule has 0 rings (SSSR count). The van der Waals surface area contributed by atoms with Gasteiger partial charge in [0.25, 0.3) is 0 Å². The van der Waals surface area contributed by atoms with Gasteiger partial charge in [-0.25, -0.2) is 0 Å². The van der Waals surface area contributed by atoms with Gasteiger partial charge in [-0.3, -0.25) is 0 Å². The van der Waals surface area contributed by atoms with E-state index >= 15 is 0 Å². The lowest BCUT2D eigenvalue weighted by atomic mass is 10.0. The molecule has 0 aromatic carbocycles. The van der Waals surface area contributed by atoms with Crippen molar-refractivity contribution in [3.05, 3.63) is 0 Å². The summed E-state index contributed by atoms with van der Waals surface area (Å²) in [6, 6.07) is 0. The van der Waals surface area contributed by atoms with Crippen LogP contribution < -0.4 is 0 Å². The fraction of sp³-hybridized carbons (Fsp3) is 1.00. The molecule has 0 bridgehead atoms.